The van der Waals surface area contributed by atoms with Crippen LogP contribution < -0.4 is 5.73 Å². The van der Waals surface area contributed by atoms with Crippen LogP contribution in [0.2, 0.25) is 0 Å². The Labute approximate surface area is 112 Å². The van der Waals surface area contributed by atoms with Gasteiger partial charge in [0.2, 0.25) is 5.91 Å². The number of nitrogens with zero attached hydrogens (tertiary/aromatic N) is 1. The number of methoxy groups -OCH3 is 1. The van der Waals surface area contributed by atoms with Crippen LogP contribution in [0, 0.1) is 0 Å². The summed E-state index contributed by atoms with van der Waals surface area (Å²) in [6.07, 6.45) is 0.754. The van der Waals surface area contributed by atoms with Gasteiger partial charge in [-0.1, -0.05) is 0 Å². The van der Waals surface area contributed by atoms with Crippen LogP contribution in [0.3, 0.4) is 0 Å². The highest BCUT2D eigenvalue weighted by molar-refractivity contribution is 5.81. The smallest absolute Gasteiger partial charge is 0.306 e. The maximum Gasteiger partial charge on any atom is 0.306 e. The summed E-state index contributed by atoms with van der Waals surface area (Å²) < 4.78 is 10.2. The molecule has 2 unspecified atom stereocenters. The van der Waals surface area contributed by atoms with E-state index in [1.165, 1.54) is 0 Å². The number of carboxylic acids is 1. The molecular weight excluding hydrogens is 252 g/mol. The monoisotopic (exact) mass is 274 g/mol. The number of nitrogens with two attached hydrogens (primary N) is 1. The van der Waals surface area contributed by atoms with Crippen molar-refractivity contribution in [1.29, 1.82) is 0 Å². The van der Waals surface area contributed by atoms with E-state index < -0.39 is 18.1 Å². The van der Waals surface area contributed by atoms with Crippen LogP contribution in [0.25, 0.3) is 0 Å². The molecule has 19 heavy (non-hydrogen) atoms. The van der Waals surface area contributed by atoms with E-state index >= 15 is 0 Å². The van der Waals surface area contributed by atoms with Crippen molar-refractivity contribution in [2.24, 2.45) is 5.73 Å². The Kier molecular flexibility index (Phi) is 6.75. The Bertz CT molecular complexity index is 310. The SMILES string of the molecule is COCCCC(N)C(=O)N1CCOC(CC(=O)O)C1. The van der Waals surface area contributed by atoms with Crippen LogP contribution >= 0.6 is 0 Å². The van der Waals surface area contributed by atoms with Crippen LogP contribution in [0.5, 0.6) is 0 Å². The van der Waals surface area contributed by atoms with Crippen molar-refractivity contribution < 1.29 is 24.2 Å². The first-order chi connectivity index (χ1) is 9.04. The Morgan fingerprint density at radius 3 is 2.95 bits per heavy atom. The molecule has 0 saturated carbocycles. The molecule has 0 aromatic heterocycles. The summed E-state index contributed by atoms with van der Waals surface area (Å²) in [7, 11) is 1.60. The molecule has 1 rings (SSSR count). The summed E-state index contributed by atoms with van der Waals surface area (Å²) in [5, 5.41) is 8.72. The van der Waals surface area contributed by atoms with E-state index in [0.717, 1.165) is 6.42 Å². The fraction of sp³-hybridized carbons (Fsp3) is 0.833. The van der Waals surface area contributed by atoms with Crippen molar-refractivity contribution >= 4 is 11.9 Å². The highest BCUT2D eigenvalue weighted by Gasteiger charge is 2.28. The summed E-state index contributed by atoms with van der Waals surface area (Å²) in [6.45, 7) is 1.69. The average molecular weight is 274 g/mol. The van der Waals surface area contributed by atoms with Gasteiger partial charge in [0, 0.05) is 26.8 Å². The van der Waals surface area contributed by atoms with Gasteiger partial charge in [-0.2, -0.15) is 0 Å². The second-order valence-electron chi connectivity index (χ2n) is 4.62. The van der Waals surface area contributed by atoms with E-state index in [2.05, 4.69) is 0 Å². The number of ether oxygens (including phenoxy) is 2. The van der Waals surface area contributed by atoms with Crippen LogP contribution in [-0.4, -0.2) is 67.4 Å². The molecule has 1 aliphatic heterocycles. The zero-order valence-electron chi connectivity index (χ0n) is 11.2. The lowest BCUT2D eigenvalue weighted by Crippen LogP contribution is -2.51. The molecule has 110 valence electrons. The number of carboxylic acid groups (broad SMARTS) is 1. The zero-order chi connectivity index (χ0) is 14.3. The third-order valence-electron chi connectivity index (χ3n) is 3.03. The molecule has 0 aromatic rings. The third kappa shape index (κ3) is 5.54. The first-order valence-electron chi connectivity index (χ1n) is 6.41. The number of hydrogen-bond donors (Lipinski definition) is 2. The van der Waals surface area contributed by atoms with Crippen molar-refractivity contribution in [3.05, 3.63) is 0 Å². The van der Waals surface area contributed by atoms with Gasteiger partial charge >= 0.3 is 5.97 Å². The third-order valence-corrected chi connectivity index (χ3v) is 3.03. The fourth-order valence-corrected chi connectivity index (χ4v) is 2.04. The van der Waals surface area contributed by atoms with Gasteiger partial charge in [-0.05, 0) is 12.8 Å². The molecule has 3 N–H and O–H groups in total. The lowest BCUT2D eigenvalue weighted by Gasteiger charge is -2.33. The largest absolute Gasteiger partial charge is 0.481 e. The molecule has 1 fully saturated rings. The molecule has 1 aliphatic rings. The minimum Gasteiger partial charge on any atom is -0.481 e. The Balaban J connectivity index is 2.40. The molecule has 0 aromatic carbocycles. The first-order valence-corrected chi connectivity index (χ1v) is 6.41. The summed E-state index contributed by atoms with van der Waals surface area (Å²) >= 11 is 0. The summed E-state index contributed by atoms with van der Waals surface area (Å²) in [5.41, 5.74) is 5.83. The molecule has 1 heterocycles. The molecule has 1 saturated heterocycles. The molecule has 2 atom stereocenters. The Morgan fingerprint density at radius 2 is 2.32 bits per heavy atom. The lowest BCUT2D eigenvalue weighted by molar-refractivity contribution is -0.148. The quantitative estimate of drug-likeness (QED) is 0.603. The number of rotatable bonds is 7. The summed E-state index contributed by atoms with van der Waals surface area (Å²) in [5.74, 6) is -1.07. The van der Waals surface area contributed by atoms with Crippen LogP contribution in [0.4, 0.5) is 0 Å². The van der Waals surface area contributed by atoms with Gasteiger partial charge in [0.25, 0.3) is 0 Å². The maximum atomic E-state index is 12.1. The highest BCUT2D eigenvalue weighted by Crippen LogP contribution is 2.11. The van der Waals surface area contributed by atoms with Crippen molar-refractivity contribution in [2.45, 2.75) is 31.4 Å². The molecule has 0 aliphatic carbocycles. The molecular formula is C12H22N2O5. The zero-order valence-corrected chi connectivity index (χ0v) is 11.2. The molecule has 7 heteroatoms. The minimum absolute atomic E-state index is 0.0946. The van der Waals surface area contributed by atoms with Gasteiger partial charge in [0.05, 0.1) is 25.2 Å². The van der Waals surface area contributed by atoms with Gasteiger partial charge in [-0.25, -0.2) is 0 Å². The topological polar surface area (TPSA) is 102 Å². The Hall–Kier alpha value is -1.18. The highest BCUT2D eigenvalue weighted by atomic mass is 16.5. The molecule has 0 spiro atoms. The van der Waals surface area contributed by atoms with Gasteiger partial charge in [-0.15, -0.1) is 0 Å². The molecule has 0 radical (unpaired) electrons. The van der Waals surface area contributed by atoms with Gasteiger partial charge < -0.3 is 25.2 Å². The van der Waals surface area contributed by atoms with Crippen molar-refractivity contribution in [3.8, 4) is 0 Å². The summed E-state index contributed by atoms with van der Waals surface area (Å²) in [6, 6.07) is -0.557. The van der Waals surface area contributed by atoms with Crippen LogP contribution in [0.15, 0.2) is 0 Å². The van der Waals surface area contributed by atoms with Gasteiger partial charge in [0.15, 0.2) is 0 Å². The predicted octanol–water partition coefficient (Wildman–Crippen LogP) is -0.558. The van der Waals surface area contributed by atoms with E-state index in [1.54, 1.807) is 12.0 Å². The number of aliphatic carboxylic acids is 1. The van der Waals surface area contributed by atoms with E-state index in [-0.39, 0.29) is 12.3 Å². The number of hydrogen-bond acceptors (Lipinski definition) is 5. The maximum absolute atomic E-state index is 12.1. The van der Waals surface area contributed by atoms with Crippen molar-refractivity contribution in [3.63, 3.8) is 0 Å². The molecule has 0 bridgehead atoms. The van der Waals surface area contributed by atoms with Crippen molar-refractivity contribution in [2.75, 3.05) is 33.4 Å². The minimum atomic E-state index is -0.927. The number of carbonyl (C=O) groups excluding carboxylic acids is 1. The van der Waals surface area contributed by atoms with Crippen LogP contribution in [-0.2, 0) is 19.1 Å². The van der Waals surface area contributed by atoms with E-state index in [9.17, 15) is 9.59 Å². The Morgan fingerprint density at radius 1 is 1.58 bits per heavy atom. The first kappa shape index (κ1) is 15.9. The normalized spacial score (nSPS) is 21.2. The van der Waals surface area contributed by atoms with E-state index in [4.69, 9.17) is 20.3 Å². The number of amides is 1. The van der Waals surface area contributed by atoms with Crippen LogP contribution in [0.1, 0.15) is 19.3 Å². The number of morpholine rings is 1. The fourth-order valence-electron chi connectivity index (χ4n) is 2.04. The average Bonchev–Trinajstić information content (AvgIpc) is 2.37. The second-order valence-corrected chi connectivity index (χ2v) is 4.62. The summed E-state index contributed by atoms with van der Waals surface area (Å²) in [4.78, 5) is 24.3. The standard InChI is InChI=1S/C12H22N2O5/c1-18-5-2-3-10(13)12(17)14-4-6-19-9(8-14)7-11(15)16/h9-10H,2-8,13H2,1H3,(H,15,16). The predicted molar refractivity (Wildman–Crippen MR) is 67.7 cm³/mol. The molecule has 1 amide bonds. The van der Waals surface area contributed by atoms with E-state index in [1.807, 2.05) is 0 Å². The van der Waals surface area contributed by atoms with E-state index in [0.29, 0.717) is 32.7 Å². The van der Waals surface area contributed by atoms with Gasteiger partial charge in [-0.3, -0.25) is 9.59 Å². The molecule has 7 nitrogen and oxygen atoms in total. The van der Waals surface area contributed by atoms with Crippen molar-refractivity contribution in [1.82, 2.24) is 4.90 Å². The second kappa shape index (κ2) is 8.08. The van der Waals surface area contributed by atoms with Gasteiger partial charge in [0.1, 0.15) is 0 Å². The number of carbonyl (C=O) groups is 2. The lowest BCUT2D eigenvalue weighted by atomic mass is 10.1.